The first-order valence-electron chi connectivity index (χ1n) is 19.5. The van der Waals surface area contributed by atoms with Crippen molar-refractivity contribution < 1.29 is 36.7 Å². The van der Waals surface area contributed by atoms with E-state index in [4.69, 9.17) is 10.00 Å². The molecule has 0 spiro atoms. The Morgan fingerprint density at radius 3 is 2.28 bits per heavy atom. The zero-order chi connectivity index (χ0) is 40.1. The number of nitriles is 1. The molecule has 7 rings (SSSR count). The number of anilines is 4. The van der Waals surface area contributed by atoms with E-state index >= 15 is 4.39 Å². The number of hydrogen-bond acceptors (Lipinski definition) is 11. The number of hydrogen-bond donors (Lipinski definition) is 3. The number of alkyl halides is 3. The molecule has 57 heavy (non-hydrogen) atoms. The molecule has 17 heteroatoms. The highest BCUT2D eigenvalue weighted by molar-refractivity contribution is 6.01. The first-order valence-corrected chi connectivity index (χ1v) is 19.5. The van der Waals surface area contributed by atoms with Gasteiger partial charge in [0.25, 0.3) is 0 Å². The van der Waals surface area contributed by atoms with Crippen LogP contribution in [-0.4, -0.2) is 90.8 Å². The van der Waals surface area contributed by atoms with Crippen molar-refractivity contribution in [2.45, 2.75) is 69.7 Å². The van der Waals surface area contributed by atoms with Crippen molar-refractivity contribution in [2.24, 2.45) is 11.8 Å². The van der Waals surface area contributed by atoms with Gasteiger partial charge in [-0.1, -0.05) is 0 Å². The number of piperidine rings is 4. The Hall–Kier alpha value is -5.50. The van der Waals surface area contributed by atoms with Gasteiger partial charge in [-0.15, -0.1) is 10.2 Å². The minimum atomic E-state index is -4.63. The van der Waals surface area contributed by atoms with Gasteiger partial charge < -0.3 is 30.1 Å². The first kappa shape index (κ1) is 39.7. The zero-order valence-corrected chi connectivity index (χ0v) is 31.4. The van der Waals surface area contributed by atoms with E-state index in [1.54, 1.807) is 35.2 Å². The van der Waals surface area contributed by atoms with Gasteiger partial charge in [-0.25, -0.2) is 4.39 Å². The van der Waals surface area contributed by atoms with Crippen LogP contribution in [0.4, 0.5) is 40.4 Å². The van der Waals surface area contributed by atoms with Crippen molar-refractivity contribution in [3.63, 3.8) is 0 Å². The van der Waals surface area contributed by atoms with Gasteiger partial charge in [-0.3, -0.25) is 19.7 Å². The molecule has 0 bridgehead atoms. The average Bonchev–Trinajstić information content (AvgIpc) is 3.20. The van der Waals surface area contributed by atoms with Crippen LogP contribution in [0.3, 0.4) is 0 Å². The molecule has 3 amide bonds. The van der Waals surface area contributed by atoms with Gasteiger partial charge in [-0.05, 0) is 93.3 Å². The number of halogens is 4. The molecule has 0 radical (unpaired) electrons. The van der Waals surface area contributed by atoms with Crippen LogP contribution in [0.25, 0.3) is 0 Å². The van der Waals surface area contributed by atoms with Crippen LogP contribution in [-0.2, 0) is 20.6 Å². The summed E-state index contributed by atoms with van der Waals surface area (Å²) in [6.07, 6.45) is 0.448. The summed E-state index contributed by atoms with van der Waals surface area (Å²) in [5, 5.41) is 25.5. The molecular weight excluding hydrogens is 746 g/mol. The molecule has 1 atom stereocenters. The summed E-state index contributed by atoms with van der Waals surface area (Å²) in [4.78, 5) is 42.8. The van der Waals surface area contributed by atoms with Gasteiger partial charge >= 0.3 is 6.18 Å². The third-order valence-electron chi connectivity index (χ3n) is 11.4. The number of nitrogens with zero attached hydrogens (tertiary/aromatic N) is 6. The van der Waals surface area contributed by atoms with Crippen LogP contribution >= 0.6 is 0 Å². The van der Waals surface area contributed by atoms with Crippen LogP contribution < -0.4 is 30.5 Å². The maximum absolute atomic E-state index is 15.1. The van der Waals surface area contributed by atoms with Crippen LogP contribution in [0.2, 0.25) is 0 Å². The summed E-state index contributed by atoms with van der Waals surface area (Å²) in [5.41, 5.74) is 0.0372. The van der Waals surface area contributed by atoms with Crippen LogP contribution in [0.5, 0.6) is 5.88 Å². The van der Waals surface area contributed by atoms with Gasteiger partial charge in [0.15, 0.2) is 5.82 Å². The smallest absolute Gasteiger partial charge is 0.417 e. The molecule has 0 aliphatic carbocycles. The normalized spacial score (nSPS) is 20.5. The summed E-state index contributed by atoms with van der Waals surface area (Å²) >= 11 is 0. The molecule has 302 valence electrons. The van der Waals surface area contributed by atoms with Crippen molar-refractivity contribution in [1.29, 1.82) is 5.26 Å². The number of carbonyl (C=O) groups is 3. The second-order valence-corrected chi connectivity index (χ2v) is 15.2. The van der Waals surface area contributed by atoms with Gasteiger partial charge in [0.2, 0.25) is 23.6 Å². The lowest BCUT2D eigenvalue weighted by Gasteiger charge is -2.38. The predicted molar refractivity (Wildman–Crippen MR) is 203 cm³/mol. The molecule has 0 saturated carbocycles. The second kappa shape index (κ2) is 17.3. The fourth-order valence-electron chi connectivity index (χ4n) is 8.13. The number of ether oxygens (including phenoxy) is 1. The summed E-state index contributed by atoms with van der Waals surface area (Å²) in [6.45, 7) is 5.04. The molecule has 1 aromatic heterocycles. The third kappa shape index (κ3) is 9.91. The van der Waals surface area contributed by atoms with Crippen molar-refractivity contribution >= 4 is 40.6 Å². The first-order chi connectivity index (χ1) is 27.4. The maximum atomic E-state index is 15.1. The number of benzene rings is 2. The Balaban J connectivity index is 0.796. The summed E-state index contributed by atoms with van der Waals surface area (Å²) in [6, 6.07) is 13.0. The Labute approximate surface area is 327 Å². The fourth-order valence-corrected chi connectivity index (χ4v) is 8.13. The maximum Gasteiger partial charge on any atom is 0.417 e. The number of amides is 3. The van der Waals surface area contributed by atoms with E-state index in [9.17, 15) is 27.6 Å². The molecule has 4 aliphatic rings. The Kier molecular flexibility index (Phi) is 12.1. The molecule has 4 saturated heterocycles. The van der Waals surface area contributed by atoms with E-state index in [1.165, 1.54) is 18.2 Å². The number of imide groups is 1. The molecule has 3 aromatic rings. The van der Waals surface area contributed by atoms with E-state index in [0.717, 1.165) is 64.5 Å². The lowest BCUT2D eigenvalue weighted by atomic mass is 9.94. The van der Waals surface area contributed by atoms with Crippen LogP contribution in [0, 0.1) is 29.0 Å². The number of rotatable bonds is 10. The van der Waals surface area contributed by atoms with E-state index in [-0.39, 0.29) is 36.1 Å². The van der Waals surface area contributed by atoms with E-state index in [0.29, 0.717) is 67.0 Å². The predicted octanol–water partition coefficient (Wildman–Crippen LogP) is 5.34. The molecule has 2 aromatic carbocycles. The lowest BCUT2D eigenvalue weighted by Crippen LogP contribution is -2.47. The van der Waals surface area contributed by atoms with Gasteiger partial charge in [0.05, 0.1) is 22.9 Å². The fraction of sp³-hybridized carbons (Fsp3) is 0.500. The van der Waals surface area contributed by atoms with E-state index < -0.39 is 29.3 Å². The third-order valence-corrected chi connectivity index (χ3v) is 11.4. The Bertz CT molecular complexity index is 1970. The highest BCUT2D eigenvalue weighted by atomic mass is 19.4. The molecule has 13 nitrogen and oxygen atoms in total. The van der Waals surface area contributed by atoms with Crippen LogP contribution in [0.1, 0.15) is 62.5 Å². The Morgan fingerprint density at radius 1 is 0.895 bits per heavy atom. The van der Waals surface area contributed by atoms with Crippen molar-refractivity contribution in [3.8, 4) is 11.9 Å². The summed E-state index contributed by atoms with van der Waals surface area (Å²) in [7, 11) is 0. The summed E-state index contributed by atoms with van der Waals surface area (Å²) < 4.78 is 61.6. The van der Waals surface area contributed by atoms with Gasteiger partial charge in [0, 0.05) is 75.6 Å². The lowest BCUT2D eigenvalue weighted by molar-refractivity contribution is -0.138. The average molecular weight is 792 g/mol. The summed E-state index contributed by atoms with van der Waals surface area (Å²) in [5.74, 6) is -0.426. The zero-order valence-electron chi connectivity index (χ0n) is 31.4. The number of aromatic nitrogens is 2. The van der Waals surface area contributed by atoms with Crippen molar-refractivity contribution in [2.75, 3.05) is 66.2 Å². The van der Waals surface area contributed by atoms with Crippen molar-refractivity contribution in [3.05, 3.63) is 65.5 Å². The second-order valence-electron chi connectivity index (χ2n) is 15.2. The molecule has 3 N–H and O–H groups in total. The molecule has 4 fully saturated rings. The number of nitrogens with one attached hydrogen (secondary N) is 3. The molecule has 1 unspecified atom stereocenters. The van der Waals surface area contributed by atoms with Gasteiger partial charge in [0.1, 0.15) is 18.0 Å². The van der Waals surface area contributed by atoms with Crippen molar-refractivity contribution in [1.82, 2.24) is 20.4 Å². The van der Waals surface area contributed by atoms with E-state index in [2.05, 4.69) is 35.9 Å². The minimum absolute atomic E-state index is 0.0123. The van der Waals surface area contributed by atoms with Gasteiger partial charge in [-0.2, -0.15) is 18.4 Å². The highest BCUT2D eigenvalue weighted by Gasteiger charge is 2.35. The molecular formula is C40H45F4N9O4. The molecule has 5 heterocycles. The monoisotopic (exact) mass is 791 g/mol. The SMILES string of the molecule is N#Cc1ccc(N2CCC(C(=O)Nc3ccc(OC4CCN(CC5CCN(c6ccc(NC7CCC(=O)NC7=O)cc6F)CC5)CC4)nn3)CC2)cc1C(F)(F)F. The quantitative estimate of drug-likeness (QED) is 0.180. The number of likely N-dealkylation sites (tertiary alicyclic amines) is 1. The Morgan fingerprint density at radius 2 is 1.63 bits per heavy atom. The minimum Gasteiger partial charge on any atom is -0.473 e. The molecule has 4 aliphatic heterocycles. The van der Waals surface area contributed by atoms with E-state index in [1.807, 2.05) is 0 Å². The topological polar surface area (TPSA) is 156 Å². The number of carbonyl (C=O) groups excluding carboxylic acids is 3. The largest absolute Gasteiger partial charge is 0.473 e. The highest BCUT2D eigenvalue weighted by Crippen LogP contribution is 2.36. The van der Waals surface area contributed by atoms with Crippen LogP contribution in [0.15, 0.2) is 48.5 Å². The standard InChI is InChI=1S/C40H45F4N9O4/c41-32-21-28(46-33-4-7-36(54)48-39(33)56)2-5-34(32)53-17-9-25(10-18-53)24-51-15-13-30(14-16-51)57-37-8-6-35(49-50-37)47-38(55)26-11-19-52(20-12-26)29-3-1-27(23-45)31(22-29)40(42,43)44/h1-3,5-6,8,21-22,25-26,30,33,46H,4,7,9-20,24H2,(H,47,49,55)(H,48,54,56).